The minimum atomic E-state index is -0.134. The number of hydrogen-bond donors (Lipinski definition) is 2. The zero-order chi connectivity index (χ0) is 14.4. The second-order valence-corrected chi connectivity index (χ2v) is 4.81. The molecule has 0 aliphatic rings. The van der Waals surface area contributed by atoms with Crippen LogP contribution >= 0.6 is 0 Å². The highest BCUT2D eigenvalue weighted by Gasteiger charge is 2.19. The maximum Gasteiger partial charge on any atom is 0.241 e. The van der Waals surface area contributed by atoms with E-state index < -0.39 is 0 Å². The van der Waals surface area contributed by atoms with Gasteiger partial charge in [-0.3, -0.25) is 9.69 Å². The molecule has 3 N–H and O–H groups in total. The van der Waals surface area contributed by atoms with Gasteiger partial charge in [0.15, 0.2) is 0 Å². The van der Waals surface area contributed by atoms with Crippen molar-refractivity contribution in [3.05, 3.63) is 23.8 Å². The van der Waals surface area contributed by atoms with E-state index >= 15 is 0 Å². The van der Waals surface area contributed by atoms with Crippen LogP contribution in [0.3, 0.4) is 0 Å². The molecule has 1 aromatic rings. The summed E-state index contributed by atoms with van der Waals surface area (Å²) >= 11 is 0. The summed E-state index contributed by atoms with van der Waals surface area (Å²) in [6.07, 6.45) is 1.04. The fourth-order valence-corrected chi connectivity index (χ4v) is 2.10. The summed E-state index contributed by atoms with van der Waals surface area (Å²) in [5, 5.41) is 2.96. The van der Waals surface area contributed by atoms with Crippen LogP contribution in [-0.4, -0.2) is 29.9 Å². The zero-order valence-electron chi connectivity index (χ0n) is 12.4. The van der Waals surface area contributed by atoms with Crippen LogP contribution < -0.4 is 11.1 Å². The van der Waals surface area contributed by atoms with Crippen molar-refractivity contribution in [1.82, 2.24) is 4.90 Å². The first-order chi connectivity index (χ1) is 9.01. The van der Waals surface area contributed by atoms with E-state index in [0.717, 1.165) is 30.8 Å². The van der Waals surface area contributed by atoms with Crippen LogP contribution in [0.4, 0.5) is 11.4 Å². The highest BCUT2D eigenvalue weighted by molar-refractivity contribution is 5.95. The number of nitrogens with two attached hydrogens (primary N) is 1. The highest BCUT2D eigenvalue weighted by atomic mass is 16.2. The fourth-order valence-electron chi connectivity index (χ4n) is 2.10. The molecular formula is C15H25N3O. The number of likely N-dealkylation sites (N-methyl/N-ethyl adjacent to an activating group) is 1. The van der Waals surface area contributed by atoms with Gasteiger partial charge < -0.3 is 11.1 Å². The highest BCUT2D eigenvalue weighted by Crippen LogP contribution is 2.20. The lowest BCUT2D eigenvalue weighted by atomic mass is 10.1. The molecule has 4 nitrogen and oxygen atoms in total. The number of amides is 1. The lowest BCUT2D eigenvalue weighted by molar-refractivity contribution is -0.120. The predicted molar refractivity (Wildman–Crippen MR) is 81.2 cm³/mol. The number of carbonyl (C=O) groups is 1. The van der Waals surface area contributed by atoms with E-state index in [2.05, 4.69) is 24.1 Å². The smallest absolute Gasteiger partial charge is 0.241 e. The van der Waals surface area contributed by atoms with Gasteiger partial charge in [-0.05, 0) is 51.1 Å². The molecule has 0 aromatic heterocycles. The summed E-state index contributed by atoms with van der Waals surface area (Å²) in [4.78, 5) is 14.4. The third-order valence-corrected chi connectivity index (χ3v) is 3.48. The van der Waals surface area contributed by atoms with Crippen LogP contribution in [0, 0.1) is 6.92 Å². The summed E-state index contributed by atoms with van der Waals surface area (Å²) in [7, 11) is 0. The van der Waals surface area contributed by atoms with Crippen LogP contribution in [0.5, 0.6) is 0 Å². The Bertz CT molecular complexity index is 431. The number of nitrogen functional groups attached to an aromatic ring is 1. The van der Waals surface area contributed by atoms with Crippen molar-refractivity contribution in [2.45, 2.75) is 40.2 Å². The van der Waals surface area contributed by atoms with Gasteiger partial charge in [-0.15, -0.1) is 0 Å². The second kappa shape index (κ2) is 7.14. The number of nitrogens with zero attached hydrogens (tertiary/aromatic N) is 1. The number of benzene rings is 1. The van der Waals surface area contributed by atoms with E-state index in [1.807, 2.05) is 32.0 Å². The van der Waals surface area contributed by atoms with E-state index in [1.54, 1.807) is 0 Å². The number of anilines is 2. The minimum absolute atomic E-state index is 0.0176. The minimum Gasteiger partial charge on any atom is -0.398 e. The van der Waals surface area contributed by atoms with Gasteiger partial charge >= 0.3 is 0 Å². The number of hydrogen-bond acceptors (Lipinski definition) is 3. The van der Waals surface area contributed by atoms with Gasteiger partial charge in [-0.1, -0.05) is 19.9 Å². The second-order valence-electron chi connectivity index (χ2n) is 4.81. The van der Waals surface area contributed by atoms with E-state index in [1.165, 1.54) is 0 Å². The Balaban J connectivity index is 2.76. The Hall–Kier alpha value is -1.55. The monoisotopic (exact) mass is 263 g/mol. The van der Waals surface area contributed by atoms with Gasteiger partial charge in [-0.2, -0.15) is 0 Å². The van der Waals surface area contributed by atoms with E-state index in [4.69, 9.17) is 5.73 Å². The van der Waals surface area contributed by atoms with Crippen LogP contribution in [-0.2, 0) is 4.79 Å². The van der Waals surface area contributed by atoms with Gasteiger partial charge in [0, 0.05) is 11.4 Å². The predicted octanol–water partition coefficient (Wildman–Crippen LogP) is 2.64. The molecule has 1 unspecified atom stereocenters. The van der Waals surface area contributed by atoms with Crippen molar-refractivity contribution < 1.29 is 4.79 Å². The van der Waals surface area contributed by atoms with E-state index in [-0.39, 0.29) is 11.9 Å². The summed E-state index contributed by atoms with van der Waals surface area (Å²) < 4.78 is 0. The third kappa shape index (κ3) is 3.96. The number of rotatable bonds is 6. The molecule has 19 heavy (non-hydrogen) atoms. The Morgan fingerprint density at radius 2 is 2.11 bits per heavy atom. The molecule has 4 heteroatoms. The van der Waals surface area contributed by atoms with Crippen LogP contribution in [0.2, 0.25) is 0 Å². The van der Waals surface area contributed by atoms with Crippen molar-refractivity contribution in [1.29, 1.82) is 0 Å². The normalized spacial score (nSPS) is 12.5. The zero-order valence-corrected chi connectivity index (χ0v) is 12.4. The molecule has 1 aromatic carbocycles. The first-order valence-corrected chi connectivity index (χ1v) is 6.91. The van der Waals surface area contributed by atoms with Crippen molar-refractivity contribution in [2.24, 2.45) is 0 Å². The molecule has 0 aliphatic heterocycles. The van der Waals surface area contributed by atoms with Gasteiger partial charge in [0.1, 0.15) is 0 Å². The molecule has 0 heterocycles. The number of nitrogens with one attached hydrogen (secondary N) is 1. The summed E-state index contributed by atoms with van der Waals surface area (Å²) in [5.74, 6) is 0.0176. The molecule has 1 atom stereocenters. The molecule has 0 radical (unpaired) electrons. The SMILES string of the molecule is CCCN(CC)C(C)C(=O)Nc1cccc(N)c1C. The molecule has 0 saturated heterocycles. The molecule has 0 aliphatic carbocycles. The Kier molecular flexibility index (Phi) is 5.83. The number of carbonyl (C=O) groups excluding carboxylic acids is 1. The average molecular weight is 263 g/mol. The quantitative estimate of drug-likeness (QED) is 0.776. The van der Waals surface area contributed by atoms with Gasteiger partial charge in [-0.25, -0.2) is 0 Å². The molecule has 0 fully saturated rings. The van der Waals surface area contributed by atoms with Crippen molar-refractivity contribution >= 4 is 17.3 Å². The fraction of sp³-hybridized carbons (Fsp3) is 0.533. The standard InChI is InChI=1S/C15H25N3O/c1-5-10-18(6-2)12(4)15(19)17-14-9-7-8-13(16)11(14)3/h7-9,12H,5-6,10,16H2,1-4H3,(H,17,19). The third-order valence-electron chi connectivity index (χ3n) is 3.48. The van der Waals surface area contributed by atoms with Crippen LogP contribution in [0.25, 0.3) is 0 Å². The van der Waals surface area contributed by atoms with Crippen molar-refractivity contribution in [2.75, 3.05) is 24.1 Å². The summed E-state index contributed by atoms with van der Waals surface area (Å²) in [6, 6.07) is 5.44. The topological polar surface area (TPSA) is 58.4 Å². The molecule has 0 spiro atoms. The Morgan fingerprint density at radius 3 is 2.68 bits per heavy atom. The first-order valence-electron chi connectivity index (χ1n) is 6.91. The molecule has 1 rings (SSSR count). The summed E-state index contributed by atoms with van der Waals surface area (Å²) in [6.45, 7) is 9.86. The molecule has 0 bridgehead atoms. The van der Waals surface area contributed by atoms with Crippen LogP contribution in [0.1, 0.15) is 32.8 Å². The average Bonchev–Trinajstić information content (AvgIpc) is 2.40. The lowest BCUT2D eigenvalue weighted by Crippen LogP contribution is -2.42. The summed E-state index contributed by atoms with van der Waals surface area (Å²) in [5.41, 5.74) is 8.26. The molecular weight excluding hydrogens is 238 g/mol. The van der Waals surface area contributed by atoms with Gasteiger partial charge in [0.25, 0.3) is 0 Å². The van der Waals surface area contributed by atoms with Gasteiger partial charge in [0.2, 0.25) is 5.91 Å². The van der Waals surface area contributed by atoms with Gasteiger partial charge in [0.05, 0.1) is 6.04 Å². The van der Waals surface area contributed by atoms with E-state index in [9.17, 15) is 4.79 Å². The lowest BCUT2D eigenvalue weighted by Gasteiger charge is -2.26. The molecule has 0 saturated carbocycles. The first kappa shape index (κ1) is 15.5. The van der Waals surface area contributed by atoms with Crippen molar-refractivity contribution in [3.8, 4) is 0 Å². The Morgan fingerprint density at radius 1 is 1.42 bits per heavy atom. The maximum absolute atomic E-state index is 12.3. The maximum atomic E-state index is 12.3. The van der Waals surface area contributed by atoms with Crippen molar-refractivity contribution in [3.63, 3.8) is 0 Å². The molecule has 106 valence electrons. The largest absolute Gasteiger partial charge is 0.398 e. The Labute approximate surface area is 116 Å². The van der Waals surface area contributed by atoms with Crippen LogP contribution in [0.15, 0.2) is 18.2 Å². The van der Waals surface area contributed by atoms with E-state index in [0.29, 0.717) is 5.69 Å². The molecule has 1 amide bonds.